The Morgan fingerprint density at radius 1 is 0.222 bits per heavy atom. The highest BCUT2D eigenvalue weighted by atomic mass is 15.1. The summed E-state index contributed by atoms with van der Waals surface area (Å²) < 4.78 is 0. The van der Waals surface area contributed by atoms with Crippen LogP contribution in [0.15, 0.2) is 237 Å². The molecule has 10 aromatic carbocycles. The third kappa shape index (κ3) is 4.36. The number of anilines is 3. The third-order valence-corrected chi connectivity index (χ3v) is 14.7. The van der Waals surface area contributed by atoms with Crippen molar-refractivity contribution in [3.05, 3.63) is 281 Å². The van der Waals surface area contributed by atoms with Crippen LogP contribution in [0.5, 0.6) is 0 Å². The van der Waals surface area contributed by atoms with Crippen LogP contribution in [-0.4, -0.2) is 0 Å². The maximum atomic E-state index is 2.48. The van der Waals surface area contributed by atoms with E-state index in [1.165, 1.54) is 100 Å². The van der Waals surface area contributed by atoms with E-state index in [2.05, 4.69) is 241 Å². The Kier molecular flexibility index (Phi) is 7.03. The Morgan fingerprint density at radius 3 is 1.06 bits per heavy atom. The van der Waals surface area contributed by atoms with E-state index in [0.29, 0.717) is 0 Å². The summed E-state index contributed by atoms with van der Waals surface area (Å²) in [6.07, 6.45) is 0. The molecule has 0 N–H and O–H groups in total. The van der Waals surface area contributed by atoms with E-state index in [4.69, 9.17) is 0 Å². The number of nitrogens with zero attached hydrogens (tertiary/aromatic N) is 1. The van der Waals surface area contributed by atoms with Gasteiger partial charge in [0, 0.05) is 17.1 Å². The monoisotopic (exact) mass is 797 g/mol. The summed E-state index contributed by atoms with van der Waals surface area (Å²) in [6.45, 7) is 0. The molecule has 0 amide bonds. The first kappa shape index (κ1) is 34.7. The van der Waals surface area contributed by atoms with Crippen LogP contribution in [0.4, 0.5) is 17.1 Å². The van der Waals surface area contributed by atoms with E-state index in [-0.39, 0.29) is 0 Å². The first-order chi connectivity index (χ1) is 31.3. The van der Waals surface area contributed by atoms with E-state index in [1.807, 2.05) is 0 Å². The molecule has 0 atom stereocenters. The number of rotatable bonds is 4. The van der Waals surface area contributed by atoms with Crippen molar-refractivity contribution in [3.8, 4) is 55.6 Å². The molecule has 1 nitrogen and oxygen atoms in total. The second kappa shape index (κ2) is 12.8. The minimum absolute atomic E-state index is 0.417. The zero-order valence-electron chi connectivity index (χ0n) is 34.5. The lowest BCUT2D eigenvalue weighted by Crippen LogP contribution is -2.26. The van der Waals surface area contributed by atoms with Gasteiger partial charge in [-0.05, 0) is 137 Å². The van der Waals surface area contributed by atoms with Crippen molar-refractivity contribution in [2.75, 3.05) is 4.90 Å². The van der Waals surface area contributed by atoms with Crippen molar-refractivity contribution in [1.29, 1.82) is 0 Å². The van der Waals surface area contributed by atoms with Crippen LogP contribution in [0.25, 0.3) is 55.6 Å². The minimum atomic E-state index is -0.417. The molecule has 0 aliphatic heterocycles. The average molecular weight is 798 g/mol. The molecular weight excluding hydrogens is 759 g/mol. The van der Waals surface area contributed by atoms with Gasteiger partial charge in [0.25, 0.3) is 0 Å². The zero-order valence-corrected chi connectivity index (χ0v) is 34.5. The molecule has 4 aliphatic rings. The van der Waals surface area contributed by atoms with E-state index in [9.17, 15) is 0 Å². The SMILES string of the molecule is c1ccc(N(c2ccc(-c3cccc4c3C3(c5ccccc5-c5ccccc53)c3ccccc3-4)cc2)c2ccc3c(c2)C2(c4ccccc4-c4ccccc42)c2ccccc2-3)cc1. The highest BCUT2D eigenvalue weighted by molar-refractivity contribution is 6.00. The largest absolute Gasteiger partial charge is 0.310 e. The molecule has 0 saturated carbocycles. The zero-order chi connectivity index (χ0) is 41.3. The van der Waals surface area contributed by atoms with Gasteiger partial charge in [-0.3, -0.25) is 0 Å². The van der Waals surface area contributed by atoms with Gasteiger partial charge in [0.1, 0.15) is 0 Å². The molecule has 63 heavy (non-hydrogen) atoms. The van der Waals surface area contributed by atoms with Gasteiger partial charge in [0.15, 0.2) is 0 Å². The normalized spacial score (nSPS) is 14.3. The number of benzene rings is 10. The van der Waals surface area contributed by atoms with Crippen LogP contribution in [0, 0.1) is 0 Å². The first-order valence-electron chi connectivity index (χ1n) is 22.1. The molecule has 0 saturated heterocycles. The summed E-state index contributed by atoms with van der Waals surface area (Å²) in [7, 11) is 0. The Morgan fingerprint density at radius 2 is 0.571 bits per heavy atom. The third-order valence-electron chi connectivity index (χ3n) is 14.7. The van der Waals surface area contributed by atoms with Crippen molar-refractivity contribution in [1.82, 2.24) is 0 Å². The Hall–Kier alpha value is -8.00. The number of hydrogen-bond acceptors (Lipinski definition) is 1. The maximum Gasteiger partial charge on any atom is 0.0731 e. The minimum Gasteiger partial charge on any atom is -0.310 e. The summed E-state index contributed by atoms with van der Waals surface area (Å²) in [6, 6.07) is 88.7. The Labute approximate surface area is 367 Å². The second-order valence-electron chi connectivity index (χ2n) is 17.4. The predicted octanol–water partition coefficient (Wildman–Crippen LogP) is 15.5. The van der Waals surface area contributed by atoms with Crippen molar-refractivity contribution in [3.63, 3.8) is 0 Å². The van der Waals surface area contributed by atoms with Crippen molar-refractivity contribution < 1.29 is 0 Å². The molecule has 0 heterocycles. The van der Waals surface area contributed by atoms with Gasteiger partial charge in [0.2, 0.25) is 0 Å². The summed E-state index contributed by atoms with van der Waals surface area (Å²) in [4.78, 5) is 2.43. The second-order valence-corrected chi connectivity index (χ2v) is 17.4. The molecule has 0 aromatic heterocycles. The van der Waals surface area contributed by atoms with E-state index in [1.54, 1.807) is 0 Å². The van der Waals surface area contributed by atoms with E-state index >= 15 is 0 Å². The van der Waals surface area contributed by atoms with Gasteiger partial charge >= 0.3 is 0 Å². The summed E-state index contributed by atoms with van der Waals surface area (Å²) in [5.74, 6) is 0. The molecule has 10 aromatic rings. The molecule has 0 fully saturated rings. The van der Waals surface area contributed by atoms with Gasteiger partial charge in [0.05, 0.1) is 10.8 Å². The van der Waals surface area contributed by atoms with Gasteiger partial charge < -0.3 is 4.90 Å². The van der Waals surface area contributed by atoms with Gasteiger partial charge in [-0.2, -0.15) is 0 Å². The standard InChI is InChI=1S/C62H39N/c1-2-17-41(18-3-1)63(43-37-38-51-49-23-6-12-29-55(49)61(59(51)39-43)53-27-10-4-19-45(53)46-20-5-11-28-54(46)61)42-35-33-40(34-36-42)44-25-16-26-52-50-24-9-15-32-58(50)62(60(44)52)56-30-13-7-21-47(56)48-22-8-14-31-57(48)62/h1-39H. The molecule has 2 spiro atoms. The van der Waals surface area contributed by atoms with Crippen molar-refractivity contribution in [2.24, 2.45) is 0 Å². The summed E-state index contributed by atoms with van der Waals surface area (Å²) in [5, 5.41) is 0. The van der Waals surface area contributed by atoms with E-state index < -0.39 is 10.8 Å². The summed E-state index contributed by atoms with van der Waals surface area (Å²) >= 11 is 0. The molecule has 0 unspecified atom stereocenters. The number of para-hydroxylation sites is 1. The summed E-state index contributed by atoms with van der Waals surface area (Å²) in [5.41, 5.74) is 26.4. The molecular formula is C62H39N. The van der Waals surface area contributed by atoms with Crippen molar-refractivity contribution in [2.45, 2.75) is 10.8 Å². The molecule has 0 bridgehead atoms. The fourth-order valence-corrected chi connectivity index (χ4v) is 12.4. The fraction of sp³-hybridized carbons (Fsp3) is 0.0323. The fourth-order valence-electron chi connectivity index (χ4n) is 12.4. The molecule has 4 aliphatic carbocycles. The lowest BCUT2D eigenvalue weighted by atomic mass is 9.68. The average Bonchev–Trinajstić information content (AvgIpc) is 4.04. The van der Waals surface area contributed by atoms with Crippen LogP contribution in [-0.2, 0) is 10.8 Å². The predicted molar refractivity (Wildman–Crippen MR) is 259 cm³/mol. The first-order valence-corrected chi connectivity index (χ1v) is 22.1. The molecule has 0 radical (unpaired) electrons. The van der Waals surface area contributed by atoms with Crippen LogP contribution in [0.2, 0.25) is 0 Å². The van der Waals surface area contributed by atoms with Gasteiger partial charge in [-0.1, -0.05) is 200 Å². The van der Waals surface area contributed by atoms with Crippen LogP contribution in [0.1, 0.15) is 44.5 Å². The van der Waals surface area contributed by atoms with Crippen LogP contribution >= 0.6 is 0 Å². The van der Waals surface area contributed by atoms with Gasteiger partial charge in [-0.15, -0.1) is 0 Å². The van der Waals surface area contributed by atoms with Gasteiger partial charge in [-0.25, -0.2) is 0 Å². The van der Waals surface area contributed by atoms with Crippen LogP contribution in [0.3, 0.4) is 0 Å². The van der Waals surface area contributed by atoms with Crippen LogP contribution < -0.4 is 4.90 Å². The Balaban J connectivity index is 0.955. The highest BCUT2D eigenvalue weighted by Gasteiger charge is 2.53. The molecule has 292 valence electrons. The number of hydrogen-bond donors (Lipinski definition) is 0. The molecule has 1 heteroatoms. The highest BCUT2D eigenvalue weighted by Crippen LogP contribution is 2.65. The van der Waals surface area contributed by atoms with Crippen molar-refractivity contribution >= 4 is 17.1 Å². The lowest BCUT2D eigenvalue weighted by molar-refractivity contribution is 0.793. The quantitative estimate of drug-likeness (QED) is 0.171. The lowest BCUT2D eigenvalue weighted by Gasteiger charge is -2.32. The topological polar surface area (TPSA) is 3.24 Å². The van der Waals surface area contributed by atoms with E-state index in [0.717, 1.165) is 17.1 Å². The Bertz CT molecular complexity index is 3390. The smallest absolute Gasteiger partial charge is 0.0731 e. The number of fused-ring (bicyclic) bond motifs is 20. The maximum absolute atomic E-state index is 2.48. The molecule has 14 rings (SSSR count).